The number of fused-ring (bicyclic) bond motifs is 2. The Bertz CT molecular complexity index is 1770. The molecule has 7 rings (SSSR count). The number of benzene rings is 3. The molecular formula is C34H37F3N4O3. The van der Waals surface area contributed by atoms with E-state index in [1.165, 1.54) is 30.3 Å². The van der Waals surface area contributed by atoms with Crippen molar-refractivity contribution in [1.29, 1.82) is 0 Å². The molecule has 1 saturated carbocycles. The van der Waals surface area contributed by atoms with Crippen LogP contribution in [0.1, 0.15) is 44.6 Å². The number of halogens is 3. The summed E-state index contributed by atoms with van der Waals surface area (Å²) in [6.45, 7) is 4.93. The highest BCUT2D eigenvalue weighted by Gasteiger charge is 2.45. The minimum Gasteiger partial charge on any atom is -0.508 e. The minimum absolute atomic E-state index is 0.00938. The van der Waals surface area contributed by atoms with Gasteiger partial charge in [0, 0.05) is 36.9 Å². The van der Waals surface area contributed by atoms with Gasteiger partial charge in [-0.2, -0.15) is 9.97 Å². The Morgan fingerprint density at radius 3 is 2.52 bits per heavy atom. The first-order chi connectivity index (χ1) is 21.1. The maximum Gasteiger partial charge on any atom is 0.319 e. The van der Waals surface area contributed by atoms with Gasteiger partial charge in [0.05, 0.1) is 24.4 Å². The van der Waals surface area contributed by atoms with Crippen molar-refractivity contribution in [3.05, 3.63) is 53.3 Å². The van der Waals surface area contributed by atoms with Crippen molar-refractivity contribution in [1.82, 2.24) is 14.9 Å². The second kappa shape index (κ2) is 10.8. The third kappa shape index (κ3) is 5.01. The summed E-state index contributed by atoms with van der Waals surface area (Å²) in [4.78, 5) is 13.4. The molecular weight excluding hydrogens is 569 g/mol. The third-order valence-electron chi connectivity index (χ3n) is 9.54. The van der Waals surface area contributed by atoms with Gasteiger partial charge in [-0.05, 0) is 92.4 Å². The Hall–Kier alpha value is -3.63. The molecule has 4 aromatic rings. The number of piperidine rings is 1. The summed E-state index contributed by atoms with van der Waals surface area (Å²) in [7, 11) is 4.04. The molecule has 10 heteroatoms. The Morgan fingerprint density at radius 2 is 1.84 bits per heavy atom. The van der Waals surface area contributed by atoms with Crippen molar-refractivity contribution in [3.63, 3.8) is 0 Å². The molecule has 2 aliphatic heterocycles. The Kier molecular flexibility index (Phi) is 7.12. The number of rotatable bonds is 8. The zero-order valence-corrected chi connectivity index (χ0v) is 25.4. The molecule has 3 fully saturated rings. The topological polar surface area (TPSA) is 71.0 Å². The van der Waals surface area contributed by atoms with Gasteiger partial charge in [0.25, 0.3) is 0 Å². The van der Waals surface area contributed by atoms with Gasteiger partial charge in [0.15, 0.2) is 5.82 Å². The van der Waals surface area contributed by atoms with Crippen LogP contribution in [0.15, 0.2) is 30.3 Å². The molecule has 0 bridgehead atoms. The lowest BCUT2D eigenvalue weighted by Crippen LogP contribution is -2.56. The van der Waals surface area contributed by atoms with E-state index in [0.29, 0.717) is 54.9 Å². The molecule has 1 N–H and O–H groups in total. The van der Waals surface area contributed by atoms with Crippen LogP contribution in [0.4, 0.5) is 19.0 Å². The van der Waals surface area contributed by atoms with Crippen LogP contribution in [0, 0.1) is 22.9 Å². The molecule has 0 radical (unpaired) electrons. The quantitative estimate of drug-likeness (QED) is 0.242. The summed E-state index contributed by atoms with van der Waals surface area (Å²) < 4.78 is 60.1. The zero-order valence-electron chi connectivity index (χ0n) is 25.4. The van der Waals surface area contributed by atoms with Gasteiger partial charge in [-0.1, -0.05) is 13.0 Å². The van der Waals surface area contributed by atoms with Crippen molar-refractivity contribution < 1.29 is 27.8 Å². The second-order valence-corrected chi connectivity index (χ2v) is 13.1. The van der Waals surface area contributed by atoms with E-state index in [4.69, 9.17) is 14.5 Å². The van der Waals surface area contributed by atoms with Crippen LogP contribution < -0.4 is 9.64 Å². The van der Waals surface area contributed by atoms with Gasteiger partial charge < -0.3 is 24.4 Å². The maximum atomic E-state index is 16.8. The number of aromatic hydroxyl groups is 1. The lowest BCUT2D eigenvalue weighted by Gasteiger charge is -2.48. The molecule has 1 atom stereocenters. The highest BCUT2D eigenvalue weighted by atomic mass is 19.1. The number of aryl methyl sites for hydroxylation is 1. The molecule has 7 nitrogen and oxygen atoms in total. The smallest absolute Gasteiger partial charge is 0.319 e. The number of aromatic nitrogens is 2. The lowest BCUT2D eigenvalue weighted by atomic mass is 9.85. The monoisotopic (exact) mass is 606 g/mol. The molecule has 44 heavy (non-hydrogen) atoms. The number of phenolic OH excluding ortho intramolecular Hbond substituents is 1. The molecule has 232 valence electrons. The first-order valence-corrected chi connectivity index (χ1v) is 15.4. The van der Waals surface area contributed by atoms with E-state index < -0.39 is 17.5 Å². The fourth-order valence-electron chi connectivity index (χ4n) is 7.16. The van der Waals surface area contributed by atoms with Crippen LogP contribution in [-0.2, 0) is 11.2 Å². The normalized spacial score (nSPS) is 20.9. The largest absolute Gasteiger partial charge is 0.508 e. The van der Waals surface area contributed by atoms with Crippen molar-refractivity contribution in [2.75, 3.05) is 51.8 Å². The van der Waals surface area contributed by atoms with Crippen LogP contribution in [0.2, 0.25) is 0 Å². The van der Waals surface area contributed by atoms with E-state index in [2.05, 4.69) is 9.88 Å². The van der Waals surface area contributed by atoms with Gasteiger partial charge in [-0.25, -0.2) is 13.2 Å². The van der Waals surface area contributed by atoms with Gasteiger partial charge in [0.2, 0.25) is 0 Å². The van der Waals surface area contributed by atoms with Crippen LogP contribution in [0.25, 0.3) is 32.8 Å². The standard InChI is InChI=1S/C34H37F3N4O3/c1-4-22-25(35)7-6-20-14-21(42)15-23(27(20)22)28-26(36)16-24-30(29(28)37)38-32(43-19-33(9-10-33)17-40(2)3)39-31(24)41-12-5-8-34(18-41)11-13-44-34/h6-7,14-16,42H,4-5,8-13,17-19H2,1-3H3. The fourth-order valence-corrected chi connectivity index (χ4v) is 7.16. The first-order valence-electron chi connectivity index (χ1n) is 15.4. The first kappa shape index (κ1) is 29.1. The van der Waals surface area contributed by atoms with E-state index >= 15 is 8.78 Å². The number of hydrogen-bond acceptors (Lipinski definition) is 7. The number of hydrogen-bond donors (Lipinski definition) is 1. The molecule has 3 aliphatic rings. The van der Waals surface area contributed by atoms with E-state index in [1.54, 1.807) is 6.92 Å². The summed E-state index contributed by atoms with van der Waals surface area (Å²) in [5.74, 6) is -2.00. The predicted molar refractivity (Wildman–Crippen MR) is 164 cm³/mol. The average molecular weight is 607 g/mol. The molecule has 3 aromatic carbocycles. The van der Waals surface area contributed by atoms with Crippen molar-refractivity contribution in [3.8, 4) is 22.9 Å². The zero-order chi connectivity index (χ0) is 30.8. The van der Waals surface area contributed by atoms with Crippen LogP contribution in [0.3, 0.4) is 0 Å². The van der Waals surface area contributed by atoms with Gasteiger partial charge in [0.1, 0.15) is 28.7 Å². The van der Waals surface area contributed by atoms with Crippen molar-refractivity contribution in [2.24, 2.45) is 5.41 Å². The maximum absolute atomic E-state index is 16.8. The highest BCUT2D eigenvalue weighted by Crippen LogP contribution is 2.47. The van der Waals surface area contributed by atoms with E-state index in [0.717, 1.165) is 38.6 Å². The molecule has 1 aromatic heterocycles. The molecule has 2 saturated heterocycles. The van der Waals surface area contributed by atoms with Gasteiger partial charge in [-0.3, -0.25) is 0 Å². The fraction of sp³-hybridized carbons (Fsp3) is 0.471. The summed E-state index contributed by atoms with van der Waals surface area (Å²) in [5.41, 5.74) is -0.364. The molecule has 1 unspecified atom stereocenters. The van der Waals surface area contributed by atoms with Crippen LogP contribution in [-0.4, -0.2) is 72.5 Å². The Morgan fingerprint density at radius 1 is 1.05 bits per heavy atom. The number of phenols is 1. The van der Waals surface area contributed by atoms with E-state index in [1.807, 2.05) is 19.0 Å². The van der Waals surface area contributed by atoms with E-state index in [-0.39, 0.29) is 44.8 Å². The second-order valence-electron chi connectivity index (χ2n) is 13.1. The Labute approximate surface area is 254 Å². The van der Waals surface area contributed by atoms with Crippen LogP contribution in [0.5, 0.6) is 11.8 Å². The molecule has 0 amide bonds. The van der Waals surface area contributed by atoms with Crippen molar-refractivity contribution in [2.45, 2.75) is 51.0 Å². The number of ether oxygens (including phenoxy) is 2. The average Bonchev–Trinajstić information content (AvgIpc) is 3.74. The minimum atomic E-state index is -0.909. The van der Waals surface area contributed by atoms with Gasteiger partial charge in [-0.15, -0.1) is 0 Å². The summed E-state index contributed by atoms with van der Waals surface area (Å²) in [5, 5.41) is 11.6. The predicted octanol–water partition coefficient (Wildman–Crippen LogP) is 6.62. The SMILES string of the molecule is CCc1c(F)ccc2cc(O)cc(-c3c(F)cc4c(N5CCCC6(CCO6)C5)nc(OCC5(CN(C)C)CC5)nc4c3F)c12. The van der Waals surface area contributed by atoms with E-state index in [9.17, 15) is 9.50 Å². The van der Waals surface area contributed by atoms with Crippen molar-refractivity contribution >= 4 is 27.5 Å². The molecule has 1 aliphatic carbocycles. The number of anilines is 1. The third-order valence-corrected chi connectivity index (χ3v) is 9.54. The number of nitrogens with zero attached hydrogens (tertiary/aromatic N) is 4. The summed E-state index contributed by atoms with van der Waals surface area (Å²) in [6, 6.07) is 6.85. The Balaban J connectivity index is 1.40. The molecule has 1 spiro atoms. The summed E-state index contributed by atoms with van der Waals surface area (Å²) in [6.07, 6.45) is 5.05. The highest BCUT2D eigenvalue weighted by molar-refractivity contribution is 6.03. The van der Waals surface area contributed by atoms with Gasteiger partial charge >= 0.3 is 6.01 Å². The lowest BCUT2D eigenvalue weighted by molar-refractivity contribution is -0.151. The summed E-state index contributed by atoms with van der Waals surface area (Å²) >= 11 is 0. The van der Waals surface area contributed by atoms with Crippen LogP contribution >= 0.6 is 0 Å². The molecule has 3 heterocycles.